The number of nitrogens with zero attached hydrogens (tertiary/aromatic N) is 3. The second-order valence-corrected chi connectivity index (χ2v) is 5.75. The maximum absolute atomic E-state index is 13.3. The van der Waals surface area contributed by atoms with Gasteiger partial charge in [-0.25, -0.2) is 13.9 Å². The van der Waals surface area contributed by atoms with Crippen LogP contribution in [-0.2, 0) is 6.54 Å². The van der Waals surface area contributed by atoms with Gasteiger partial charge in [0.25, 0.3) is 0 Å². The predicted octanol–water partition coefficient (Wildman–Crippen LogP) is 3.21. The van der Waals surface area contributed by atoms with E-state index < -0.39 is 5.97 Å². The summed E-state index contributed by atoms with van der Waals surface area (Å²) in [5.41, 5.74) is 1.46. The molecule has 116 valence electrons. The summed E-state index contributed by atoms with van der Waals surface area (Å²) in [7, 11) is 0. The molecule has 3 rings (SSSR count). The van der Waals surface area contributed by atoms with Gasteiger partial charge in [0.1, 0.15) is 5.82 Å². The Hall–Kier alpha value is -2.24. The van der Waals surface area contributed by atoms with Crippen molar-refractivity contribution in [2.75, 3.05) is 0 Å². The van der Waals surface area contributed by atoms with E-state index in [0.29, 0.717) is 12.2 Å². The molecule has 1 fully saturated rings. The lowest BCUT2D eigenvalue weighted by atomic mass is 9.86. The van der Waals surface area contributed by atoms with Crippen LogP contribution in [0.3, 0.4) is 0 Å². The van der Waals surface area contributed by atoms with Gasteiger partial charge < -0.3 is 5.11 Å². The van der Waals surface area contributed by atoms with Crippen LogP contribution < -0.4 is 0 Å². The molecule has 0 bridgehead atoms. The molecule has 5 nitrogen and oxygen atoms in total. The van der Waals surface area contributed by atoms with E-state index in [1.807, 2.05) is 0 Å². The number of carbonyl (C=O) groups is 1. The van der Waals surface area contributed by atoms with Gasteiger partial charge in [-0.1, -0.05) is 36.6 Å². The quantitative estimate of drug-likeness (QED) is 0.941. The van der Waals surface area contributed by atoms with E-state index in [0.717, 1.165) is 31.2 Å². The molecule has 0 amide bonds. The van der Waals surface area contributed by atoms with Crippen LogP contribution in [-0.4, -0.2) is 26.1 Å². The summed E-state index contributed by atoms with van der Waals surface area (Å²) in [5, 5.41) is 17.2. The van der Waals surface area contributed by atoms with Crippen molar-refractivity contribution in [1.29, 1.82) is 0 Å². The molecule has 0 spiro atoms. The number of carboxylic acids is 1. The molecule has 2 aromatic rings. The lowest BCUT2D eigenvalue weighted by Gasteiger charge is -2.22. The van der Waals surface area contributed by atoms with Crippen molar-refractivity contribution < 1.29 is 14.3 Å². The van der Waals surface area contributed by atoms with Crippen molar-refractivity contribution in [3.05, 3.63) is 47.0 Å². The molecular weight excluding hydrogens is 285 g/mol. The van der Waals surface area contributed by atoms with Crippen LogP contribution >= 0.6 is 0 Å². The zero-order valence-corrected chi connectivity index (χ0v) is 12.2. The van der Waals surface area contributed by atoms with Crippen molar-refractivity contribution in [3.63, 3.8) is 0 Å². The SMILES string of the molecule is O=C(O)c1nnn(Cc2cccc(F)c2)c1C1CCCCC1. The normalized spacial score (nSPS) is 15.9. The van der Waals surface area contributed by atoms with E-state index in [1.165, 1.54) is 18.6 Å². The Morgan fingerprint density at radius 2 is 2.09 bits per heavy atom. The molecular formula is C16H18FN3O2. The van der Waals surface area contributed by atoms with Gasteiger partial charge >= 0.3 is 5.97 Å². The van der Waals surface area contributed by atoms with Crippen molar-refractivity contribution in [1.82, 2.24) is 15.0 Å². The first-order valence-corrected chi connectivity index (χ1v) is 7.56. The molecule has 1 aliphatic rings. The third-order valence-electron chi connectivity index (χ3n) is 4.19. The monoisotopic (exact) mass is 303 g/mol. The minimum absolute atomic E-state index is 0.0308. The number of carboxylic acid groups (broad SMARTS) is 1. The summed E-state index contributed by atoms with van der Waals surface area (Å²) in [6, 6.07) is 6.26. The molecule has 0 saturated heterocycles. The first-order chi connectivity index (χ1) is 10.6. The molecule has 1 N–H and O–H groups in total. The van der Waals surface area contributed by atoms with E-state index in [1.54, 1.807) is 16.8 Å². The van der Waals surface area contributed by atoms with E-state index in [9.17, 15) is 14.3 Å². The minimum Gasteiger partial charge on any atom is -0.476 e. The maximum atomic E-state index is 13.3. The summed E-state index contributed by atoms with van der Waals surface area (Å²) in [6.45, 7) is 0.337. The fourth-order valence-corrected chi connectivity index (χ4v) is 3.18. The minimum atomic E-state index is -1.05. The second kappa shape index (κ2) is 6.25. The fraction of sp³-hybridized carbons (Fsp3) is 0.438. The summed E-state index contributed by atoms with van der Waals surface area (Å²) in [5.74, 6) is -1.19. The molecule has 6 heteroatoms. The van der Waals surface area contributed by atoms with Crippen molar-refractivity contribution in [3.8, 4) is 0 Å². The van der Waals surface area contributed by atoms with Gasteiger partial charge in [0, 0.05) is 5.92 Å². The summed E-state index contributed by atoms with van der Waals surface area (Å²) in [6.07, 6.45) is 5.28. The third kappa shape index (κ3) is 3.00. The zero-order valence-electron chi connectivity index (χ0n) is 12.2. The van der Waals surface area contributed by atoms with Crippen LogP contribution in [0.15, 0.2) is 24.3 Å². The number of hydrogen-bond donors (Lipinski definition) is 1. The van der Waals surface area contributed by atoms with Crippen LogP contribution in [0.25, 0.3) is 0 Å². The van der Waals surface area contributed by atoms with E-state index in [-0.39, 0.29) is 17.4 Å². The summed E-state index contributed by atoms with van der Waals surface area (Å²) >= 11 is 0. The van der Waals surface area contributed by atoms with Crippen molar-refractivity contribution >= 4 is 5.97 Å². The van der Waals surface area contributed by atoms with Crippen LogP contribution in [0.4, 0.5) is 4.39 Å². The van der Waals surface area contributed by atoms with Gasteiger partial charge in [-0.15, -0.1) is 5.10 Å². The molecule has 1 saturated carbocycles. The van der Waals surface area contributed by atoms with Gasteiger partial charge in [0.15, 0.2) is 5.69 Å². The van der Waals surface area contributed by atoms with E-state index in [4.69, 9.17) is 0 Å². The van der Waals surface area contributed by atoms with E-state index >= 15 is 0 Å². The highest BCUT2D eigenvalue weighted by Crippen LogP contribution is 2.34. The number of halogens is 1. The van der Waals surface area contributed by atoms with Crippen LogP contribution in [0.1, 0.15) is 59.8 Å². The van der Waals surface area contributed by atoms with Crippen molar-refractivity contribution in [2.24, 2.45) is 0 Å². The summed E-state index contributed by atoms with van der Waals surface area (Å²) < 4.78 is 14.9. The van der Waals surface area contributed by atoms with Crippen LogP contribution in [0.5, 0.6) is 0 Å². The van der Waals surface area contributed by atoms with Crippen LogP contribution in [0, 0.1) is 5.82 Å². The number of hydrogen-bond acceptors (Lipinski definition) is 3. The third-order valence-corrected chi connectivity index (χ3v) is 4.19. The molecule has 22 heavy (non-hydrogen) atoms. The molecule has 1 aliphatic carbocycles. The van der Waals surface area contributed by atoms with Gasteiger partial charge in [0.2, 0.25) is 0 Å². The standard InChI is InChI=1S/C16H18FN3O2/c17-13-8-4-5-11(9-13)10-20-15(12-6-2-1-3-7-12)14(16(21)22)18-19-20/h4-5,8-9,12H,1-3,6-7,10H2,(H,21,22). The van der Waals surface area contributed by atoms with Crippen molar-refractivity contribution in [2.45, 2.75) is 44.6 Å². The van der Waals surface area contributed by atoms with Gasteiger partial charge in [-0.05, 0) is 30.5 Å². The average Bonchev–Trinajstić information content (AvgIpc) is 2.92. The highest BCUT2D eigenvalue weighted by atomic mass is 19.1. The Morgan fingerprint density at radius 3 is 2.77 bits per heavy atom. The average molecular weight is 303 g/mol. The van der Waals surface area contributed by atoms with Gasteiger partial charge in [-0.3, -0.25) is 0 Å². The van der Waals surface area contributed by atoms with Gasteiger partial charge in [0.05, 0.1) is 12.2 Å². The van der Waals surface area contributed by atoms with E-state index in [2.05, 4.69) is 10.3 Å². The molecule has 1 aromatic heterocycles. The fourth-order valence-electron chi connectivity index (χ4n) is 3.18. The molecule has 0 atom stereocenters. The van der Waals surface area contributed by atoms with Gasteiger partial charge in [-0.2, -0.15) is 0 Å². The highest BCUT2D eigenvalue weighted by Gasteiger charge is 2.27. The Morgan fingerprint density at radius 1 is 1.32 bits per heavy atom. The number of benzene rings is 1. The first kappa shape index (κ1) is 14.7. The molecule has 0 aliphatic heterocycles. The maximum Gasteiger partial charge on any atom is 0.358 e. The highest BCUT2D eigenvalue weighted by molar-refractivity contribution is 5.86. The Bertz CT molecular complexity index is 678. The van der Waals surface area contributed by atoms with Crippen LogP contribution in [0.2, 0.25) is 0 Å². The molecule has 0 radical (unpaired) electrons. The largest absolute Gasteiger partial charge is 0.476 e. The number of aromatic nitrogens is 3. The Balaban J connectivity index is 1.94. The first-order valence-electron chi connectivity index (χ1n) is 7.56. The molecule has 1 heterocycles. The zero-order chi connectivity index (χ0) is 15.5. The molecule has 0 unspecified atom stereocenters. The Kier molecular flexibility index (Phi) is 4.18. The summed E-state index contributed by atoms with van der Waals surface area (Å²) in [4.78, 5) is 11.4. The Labute approximate surface area is 127 Å². The molecule has 1 aromatic carbocycles. The topological polar surface area (TPSA) is 68.0 Å². The lowest BCUT2D eigenvalue weighted by Crippen LogP contribution is -2.16. The second-order valence-electron chi connectivity index (χ2n) is 5.75. The number of rotatable bonds is 4. The lowest BCUT2D eigenvalue weighted by molar-refractivity contribution is 0.0688. The smallest absolute Gasteiger partial charge is 0.358 e. The number of aromatic carboxylic acids is 1. The predicted molar refractivity (Wildman–Crippen MR) is 78.3 cm³/mol.